The van der Waals surface area contributed by atoms with Gasteiger partial charge in [-0.2, -0.15) is 0 Å². The van der Waals surface area contributed by atoms with Crippen LogP contribution in [0.5, 0.6) is 0 Å². The van der Waals surface area contributed by atoms with Crippen LogP contribution >= 0.6 is 11.8 Å². The predicted octanol–water partition coefficient (Wildman–Crippen LogP) is 1.33. The average Bonchev–Trinajstić information content (AvgIpc) is 2.46. The number of rotatable bonds is 2. The van der Waals surface area contributed by atoms with E-state index < -0.39 is 9.84 Å². The molecular weight excluding hydrogens is 310 g/mol. The standard InChI is InChI=1S/C13H15N3O3S2/c1-20-13-10-6-9(8-2-4-21(18,19)5-3-8)12(17)16-11(10)14-7-15-13/h6-8H,2-5H2,1H3,(H,14,15,16,17). The molecule has 2 aromatic heterocycles. The summed E-state index contributed by atoms with van der Waals surface area (Å²) < 4.78 is 23.0. The lowest BCUT2D eigenvalue weighted by atomic mass is 9.94. The van der Waals surface area contributed by atoms with Gasteiger partial charge in [-0.1, -0.05) is 0 Å². The van der Waals surface area contributed by atoms with Crippen molar-refractivity contribution in [2.24, 2.45) is 0 Å². The van der Waals surface area contributed by atoms with Crippen molar-refractivity contribution in [1.82, 2.24) is 15.0 Å². The Kier molecular flexibility index (Phi) is 3.75. The summed E-state index contributed by atoms with van der Waals surface area (Å²) in [7, 11) is -2.93. The molecule has 0 aliphatic carbocycles. The average molecular weight is 325 g/mol. The summed E-state index contributed by atoms with van der Waals surface area (Å²) in [6.07, 6.45) is 4.34. The molecule has 1 aliphatic heterocycles. The third kappa shape index (κ3) is 2.82. The van der Waals surface area contributed by atoms with Crippen molar-refractivity contribution in [2.75, 3.05) is 17.8 Å². The van der Waals surface area contributed by atoms with E-state index >= 15 is 0 Å². The zero-order chi connectivity index (χ0) is 15.0. The fourth-order valence-electron chi connectivity index (χ4n) is 2.68. The molecule has 6 nitrogen and oxygen atoms in total. The smallest absolute Gasteiger partial charge is 0.253 e. The summed E-state index contributed by atoms with van der Waals surface area (Å²) in [4.78, 5) is 23.3. The number of hydrogen-bond acceptors (Lipinski definition) is 6. The molecule has 0 atom stereocenters. The molecule has 112 valence electrons. The number of hydrogen-bond donors (Lipinski definition) is 1. The molecule has 0 aromatic carbocycles. The summed E-state index contributed by atoms with van der Waals surface area (Å²) >= 11 is 1.49. The summed E-state index contributed by atoms with van der Waals surface area (Å²) in [5, 5.41) is 1.62. The van der Waals surface area contributed by atoms with Crippen LogP contribution < -0.4 is 5.56 Å². The van der Waals surface area contributed by atoms with Crippen LogP contribution in [0.1, 0.15) is 24.3 Å². The van der Waals surface area contributed by atoms with Crippen LogP contribution in [0.4, 0.5) is 0 Å². The summed E-state index contributed by atoms with van der Waals surface area (Å²) in [6.45, 7) is 0. The maximum Gasteiger partial charge on any atom is 0.253 e. The van der Waals surface area contributed by atoms with E-state index in [1.165, 1.54) is 18.1 Å². The minimum absolute atomic E-state index is 0.0170. The van der Waals surface area contributed by atoms with Crippen LogP contribution in [-0.4, -0.2) is 41.1 Å². The van der Waals surface area contributed by atoms with Crippen molar-refractivity contribution in [1.29, 1.82) is 0 Å². The van der Waals surface area contributed by atoms with Gasteiger partial charge in [0.2, 0.25) is 0 Å². The van der Waals surface area contributed by atoms with E-state index in [1.807, 2.05) is 12.3 Å². The second-order valence-corrected chi connectivity index (χ2v) is 8.22. The molecule has 0 unspecified atom stereocenters. The predicted molar refractivity (Wildman–Crippen MR) is 82.6 cm³/mol. The highest BCUT2D eigenvalue weighted by Crippen LogP contribution is 2.29. The number of nitrogens with one attached hydrogen (secondary N) is 1. The zero-order valence-electron chi connectivity index (χ0n) is 11.5. The Morgan fingerprint density at radius 1 is 1.29 bits per heavy atom. The van der Waals surface area contributed by atoms with Gasteiger partial charge in [0.1, 0.15) is 26.8 Å². The third-order valence-electron chi connectivity index (χ3n) is 3.83. The number of aromatic amines is 1. The Labute approximate surface area is 126 Å². The fraction of sp³-hybridized carbons (Fsp3) is 0.462. The maximum absolute atomic E-state index is 12.2. The normalized spacial score (nSPS) is 18.9. The fourth-order valence-corrected chi connectivity index (χ4v) is 4.70. The number of nitrogens with zero attached hydrogens (tertiary/aromatic N) is 2. The highest BCUT2D eigenvalue weighted by molar-refractivity contribution is 7.98. The minimum atomic E-state index is -2.93. The maximum atomic E-state index is 12.2. The van der Waals surface area contributed by atoms with Crippen molar-refractivity contribution in [3.63, 3.8) is 0 Å². The summed E-state index contributed by atoms with van der Waals surface area (Å²) in [5.41, 5.74) is 0.978. The zero-order valence-corrected chi connectivity index (χ0v) is 13.1. The van der Waals surface area contributed by atoms with Gasteiger partial charge in [-0.3, -0.25) is 4.79 Å². The summed E-state index contributed by atoms with van der Waals surface area (Å²) in [6, 6.07) is 1.82. The van der Waals surface area contributed by atoms with Gasteiger partial charge in [0.05, 0.1) is 16.9 Å². The van der Waals surface area contributed by atoms with Crippen molar-refractivity contribution in [3.05, 3.63) is 28.3 Å². The topological polar surface area (TPSA) is 92.8 Å². The Hall–Kier alpha value is -1.41. The van der Waals surface area contributed by atoms with Gasteiger partial charge < -0.3 is 4.98 Å². The Morgan fingerprint density at radius 3 is 2.67 bits per heavy atom. The van der Waals surface area contributed by atoms with E-state index in [0.29, 0.717) is 24.1 Å². The first kappa shape index (κ1) is 14.5. The van der Waals surface area contributed by atoms with E-state index in [2.05, 4.69) is 15.0 Å². The minimum Gasteiger partial charge on any atom is -0.306 e. The van der Waals surface area contributed by atoms with Crippen LogP contribution in [0.25, 0.3) is 11.0 Å². The molecule has 1 fully saturated rings. The SMILES string of the molecule is CSc1ncnc2[nH]c(=O)c(C3CCS(=O)(=O)CC3)cc12. The van der Waals surface area contributed by atoms with Gasteiger partial charge in [-0.25, -0.2) is 18.4 Å². The molecular formula is C13H15N3O3S2. The molecule has 0 radical (unpaired) electrons. The Morgan fingerprint density at radius 2 is 2.00 bits per heavy atom. The number of H-pyrrole nitrogens is 1. The van der Waals surface area contributed by atoms with Crippen molar-refractivity contribution < 1.29 is 8.42 Å². The van der Waals surface area contributed by atoms with Crippen molar-refractivity contribution in [3.8, 4) is 0 Å². The van der Waals surface area contributed by atoms with Crippen LogP contribution in [0.3, 0.4) is 0 Å². The molecule has 3 heterocycles. The molecule has 1 N–H and O–H groups in total. The number of aromatic nitrogens is 3. The lowest BCUT2D eigenvalue weighted by Gasteiger charge is -2.21. The molecule has 0 spiro atoms. The summed E-state index contributed by atoms with van der Waals surface area (Å²) in [5.74, 6) is 0.280. The quantitative estimate of drug-likeness (QED) is 0.661. The lowest BCUT2D eigenvalue weighted by Crippen LogP contribution is -2.26. The highest BCUT2D eigenvalue weighted by Gasteiger charge is 2.26. The van der Waals surface area contributed by atoms with E-state index in [4.69, 9.17) is 0 Å². The Bertz CT molecular complexity index is 831. The number of sulfone groups is 1. The van der Waals surface area contributed by atoms with Crippen molar-refractivity contribution >= 4 is 32.6 Å². The van der Waals surface area contributed by atoms with Gasteiger partial charge in [-0.05, 0) is 31.1 Å². The van der Waals surface area contributed by atoms with Crippen molar-refractivity contribution in [2.45, 2.75) is 23.8 Å². The van der Waals surface area contributed by atoms with E-state index in [1.54, 1.807) is 0 Å². The first-order valence-corrected chi connectivity index (χ1v) is 9.67. The van der Waals surface area contributed by atoms with Gasteiger partial charge in [0.25, 0.3) is 5.56 Å². The largest absolute Gasteiger partial charge is 0.306 e. The molecule has 0 bridgehead atoms. The first-order chi connectivity index (χ1) is 10.00. The van der Waals surface area contributed by atoms with E-state index in [0.717, 1.165) is 10.4 Å². The molecule has 21 heavy (non-hydrogen) atoms. The molecule has 2 aromatic rings. The van der Waals surface area contributed by atoms with Crippen LogP contribution in [0, 0.1) is 0 Å². The van der Waals surface area contributed by atoms with Crippen LogP contribution in [0.2, 0.25) is 0 Å². The molecule has 8 heteroatoms. The second kappa shape index (κ2) is 5.42. The van der Waals surface area contributed by atoms with Gasteiger partial charge >= 0.3 is 0 Å². The Balaban J connectivity index is 2.07. The van der Waals surface area contributed by atoms with Gasteiger partial charge in [0.15, 0.2) is 0 Å². The highest BCUT2D eigenvalue weighted by atomic mass is 32.2. The van der Waals surface area contributed by atoms with Gasteiger partial charge in [-0.15, -0.1) is 11.8 Å². The monoisotopic (exact) mass is 325 g/mol. The molecule has 3 rings (SSSR count). The van der Waals surface area contributed by atoms with E-state index in [-0.39, 0.29) is 23.0 Å². The third-order valence-corrected chi connectivity index (χ3v) is 6.26. The van der Waals surface area contributed by atoms with Gasteiger partial charge in [0, 0.05) is 5.56 Å². The number of thioether (sulfide) groups is 1. The molecule has 0 amide bonds. The van der Waals surface area contributed by atoms with Crippen LogP contribution in [-0.2, 0) is 9.84 Å². The molecule has 1 saturated heterocycles. The molecule has 0 saturated carbocycles. The first-order valence-electron chi connectivity index (χ1n) is 6.62. The number of fused-ring (bicyclic) bond motifs is 1. The van der Waals surface area contributed by atoms with E-state index in [9.17, 15) is 13.2 Å². The number of pyridine rings is 1. The molecule has 1 aliphatic rings. The van der Waals surface area contributed by atoms with Crippen LogP contribution in [0.15, 0.2) is 22.2 Å². The lowest BCUT2D eigenvalue weighted by molar-refractivity contribution is 0.548. The second-order valence-electron chi connectivity index (χ2n) is 5.13.